The summed E-state index contributed by atoms with van der Waals surface area (Å²) in [5.41, 5.74) is 1.69. The normalized spacial score (nSPS) is 23.5. The average molecular weight is 344 g/mol. The molecule has 1 heterocycles. The molecule has 1 aromatic rings. The predicted octanol–water partition coefficient (Wildman–Crippen LogP) is -1.97. The zero-order valence-corrected chi connectivity index (χ0v) is 15.1. The van der Waals surface area contributed by atoms with E-state index in [0.29, 0.717) is 6.61 Å². The smallest absolute Gasteiger partial charge is 0.119 e. The SMILES string of the molecule is CCCC1(c2cccc(OC)c2)CC[NH+](CCOCCO)C1.[Cl-]. The second-order valence-corrected chi connectivity index (χ2v) is 6.28. The van der Waals surface area contributed by atoms with Gasteiger partial charge < -0.3 is 31.9 Å². The molecule has 1 fully saturated rings. The lowest BCUT2D eigenvalue weighted by molar-refractivity contribution is -0.889. The molecule has 2 N–H and O–H groups in total. The van der Waals surface area contributed by atoms with Gasteiger partial charge in [0.2, 0.25) is 0 Å². The first-order valence-corrected chi connectivity index (χ1v) is 8.41. The number of hydrogen-bond donors (Lipinski definition) is 2. The molecule has 0 spiro atoms. The van der Waals surface area contributed by atoms with Crippen LogP contribution in [0, 0.1) is 0 Å². The van der Waals surface area contributed by atoms with Gasteiger partial charge in [0.1, 0.15) is 12.3 Å². The van der Waals surface area contributed by atoms with Gasteiger partial charge in [-0.25, -0.2) is 0 Å². The van der Waals surface area contributed by atoms with Gasteiger partial charge in [-0.2, -0.15) is 0 Å². The summed E-state index contributed by atoms with van der Waals surface area (Å²) in [6.45, 7) is 6.94. The molecule has 1 aliphatic rings. The molecule has 2 rings (SSSR count). The van der Waals surface area contributed by atoms with Gasteiger partial charge in [-0.3, -0.25) is 0 Å². The van der Waals surface area contributed by atoms with Crippen LogP contribution in [0.2, 0.25) is 0 Å². The van der Waals surface area contributed by atoms with E-state index in [9.17, 15) is 0 Å². The number of benzene rings is 1. The van der Waals surface area contributed by atoms with E-state index in [2.05, 4.69) is 25.1 Å². The van der Waals surface area contributed by atoms with Crippen molar-refractivity contribution in [3.63, 3.8) is 0 Å². The van der Waals surface area contributed by atoms with E-state index >= 15 is 0 Å². The molecular weight excluding hydrogens is 314 g/mol. The molecule has 2 atom stereocenters. The van der Waals surface area contributed by atoms with Crippen LogP contribution in [-0.4, -0.2) is 51.7 Å². The molecule has 1 aromatic carbocycles. The van der Waals surface area contributed by atoms with Gasteiger partial charge >= 0.3 is 0 Å². The first kappa shape index (κ1) is 20.2. The van der Waals surface area contributed by atoms with Crippen LogP contribution in [0.3, 0.4) is 0 Å². The van der Waals surface area contributed by atoms with Crippen molar-refractivity contribution in [1.29, 1.82) is 0 Å². The molecule has 2 unspecified atom stereocenters. The highest BCUT2D eigenvalue weighted by Gasteiger charge is 2.42. The van der Waals surface area contributed by atoms with Gasteiger partial charge in [0.15, 0.2) is 0 Å². The maximum atomic E-state index is 8.77. The molecule has 4 nitrogen and oxygen atoms in total. The topological polar surface area (TPSA) is 43.1 Å². The Bertz CT molecular complexity index is 458. The Labute approximate surface area is 146 Å². The molecule has 132 valence electrons. The Balaban J connectivity index is 0.00000264. The number of quaternary nitrogens is 1. The molecule has 1 saturated heterocycles. The molecule has 23 heavy (non-hydrogen) atoms. The first-order chi connectivity index (χ1) is 10.7. The Morgan fingerprint density at radius 3 is 2.83 bits per heavy atom. The second kappa shape index (κ2) is 10.1. The van der Waals surface area contributed by atoms with Crippen LogP contribution in [0.5, 0.6) is 5.75 Å². The Kier molecular flexibility index (Phi) is 8.92. The molecule has 0 bridgehead atoms. The van der Waals surface area contributed by atoms with Crippen LogP contribution >= 0.6 is 0 Å². The summed E-state index contributed by atoms with van der Waals surface area (Å²) < 4.78 is 10.8. The van der Waals surface area contributed by atoms with Crippen molar-refractivity contribution in [3.05, 3.63) is 29.8 Å². The molecule has 5 heteroatoms. The Morgan fingerprint density at radius 1 is 1.30 bits per heavy atom. The first-order valence-electron chi connectivity index (χ1n) is 8.41. The Hall–Kier alpha value is -0.810. The van der Waals surface area contributed by atoms with Crippen LogP contribution in [0.1, 0.15) is 31.7 Å². The second-order valence-electron chi connectivity index (χ2n) is 6.28. The number of halogens is 1. The lowest BCUT2D eigenvalue weighted by Crippen LogP contribution is -3.11. The predicted molar refractivity (Wildman–Crippen MR) is 87.7 cm³/mol. The number of aliphatic hydroxyl groups is 1. The van der Waals surface area contributed by atoms with E-state index in [0.717, 1.165) is 25.4 Å². The highest BCUT2D eigenvalue weighted by Crippen LogP contribution is 2.35. The van der Waals surface area contributed by atoms with Gasteiger partial charge in [0.25, 0.3) is 0 Å². The molecule has 0 aliphatic carbocycles. The molecule has 0 radical (unpaired) electrons. The number of nitrogens with one attached hydrogen (secondary N) is 1. The fraction of sp³-hybridized carbons (Fsp3) is 0.667. The van der Waals surface area contributed by atoms with Gasteiger partial charge in [0.05, 0.1) is 40.0 Å². The van der Waals surface area contributed by atoms with Crippen molar-refractivity contribution in [2.75, 3.05) is 46.6 Å². The zero-order valence-electron chi connectivity index (χ0n) is 14.3. The lowest BCUT2D eigenvalue weighted by Gasteiger charge is -2.27. The third kappa shape index (κ3) is 5.35. The van der Waals surface area contributed by atoms with Crippen molar-refractivity contribution in [2.24, 2.45) is 0 Å². The van der Waals surface area contributed by atoms with Crippen LogP contribution in [-0.2, 0) is 10.2 Å². The summed E-state index contributed by atoms with van der Waals surface area (Å²) in [7, 11) is 1.73. The van der Waals surface area contributed by atoms with E-state index in [4.69, 9.17) is 14.6 Å². The summed E-state index contributed by atoms with van der Waals surface area (Å²) in [5.74, 6) is 0.952. The summed E-state index contributed by atoms with van der Waals surface area (Å²) in [5, 5.41) is 8.77. The molecule has 0 saturated carbocycles. The highest BCUT2D eigenvalue weighted by atomic mass is 35.5. The number of ether oxygens (including phenoxy) is 2. The third-order valence-electron chi connectivity index (χ3n) is 4.79. The third-order valence-corrected chi connectivity index (χ3v) is 4.79. The summed E-state index contributed by atoms with van der Waals surface area (Å²) in [6, 6.07) is 8.59. The van der Waals surface area contributed by atoms with Crippen LogP contribution in [0.15, 0.2) is 24.3 Å². The maximum absolute atomic E-state index is 8.77. The minimum absolute atomic E-state index is 0. The average Bonchev–Trinajstić information content (AvgIpc) is 2.96. The zero-order chi connectivity index (χ0) is 15.8. The lowest BCUT2D eigenvalue weighted by atomic mass is 9.76. The van der Waals surface area contributed by atoms with Crippen LogP contribution in [0.4, 0.5) is 0 Å². The number of methoxy groups -OCH3 is 1. The van der Waals surface area contributed by atoms with E-state index < -0.39 is 0 Å². The van der Waals surface area contributed by atoms with E-state index in [-0.39, 0.29) is 24.4 Å². The summed E-state index contributed by atoms with van der Waals surface area (Å²) in [6.07, 6.45) is 3.65. The minimum atomic E-state index is 0. The standard InChI is InChI=1S/C18H29NO3.ClH/c1-3-7-18(16-5-4-6-17(14-16)21-2)8-9-19(15-18)10-12-22-13-11-20;/h4-6,14,20H,3,7-13,15H2,1-2H3;1H. The summed E-state index contributed by atoms with van der Waals surface area (Å²) >= 11 is 0. The van der Waals surface area contributed by atoms with Gasteiger partial charge in [0, 0.05) is 11.8 Å². The van der Waals surface area contributed by atoms with Gasteiger partial charge in [-0.05, 0) is 24.1 Å². The molecular formula is C18H30ClNO3. The van der Waals surface area contributed by atoms with Crippen molar-refractivity contribution in [3.8, 4) is 5.75 Å². The van der Waals surface area contributed by atoms with E-state index in [1.807, 2.05) is 6.07 Å². The molecule has 0 amide bonds. The number of rotatable bonds is 9. The Morgan fingerprint density at radius 2 is 2.13 bits per heavy atom. The van der Waals surface area contributed by atoms with Crippen molar-refractivity contribution in [2.45, 2.75) is 31.6 Å². The van der Waals surface area contributed by atoms with Crippen molar-refractivity contribution < 1.29 is 31.9 Å². The minimum Gasteiger partial charge on any atom is -1.00 e. The monoisotopic (exact) mass is 343 g/mol. The highest BCUT2D eigenvalue weighted by molar-refractivity contribution is 5.34. The van der Waals surface area contributed by atoms with Crippen molar-refractivity contribution >= 4 is 0 Å². The quantitative estimate of drug-likeness (QED) is 0.512. The summed E-state index contributed by atoms with van der Waals surface area (Å²) in [4.78, 5) is 1.61. The number of hydrogen-bond acceptors (Lipinski definition) is 3. The van der Waals surface area contributed by atoms with Crippen LogP contribution < -0.4 is 22.0 Å². The largest absolute Gasteiger partial charge is 1.00 e. The fourth-order valence-corrected chi connectivity index (χ4v) is 3.70. The molecule has 0 aromatic heterocycles. The van der Waals surface area contributed by atoms with Crippen molar-refractivity contribution in [1.82, 2.24) is 0 Å². The van der Waals surface area contributed by atoms with Crippen LogP contribution in [0.25, 0.3) is 0 Å². The maximum Gasteiger partial charge on any atom is 0.119 e. The fourth-order valence-electron chi connectivity index (χ4n) is 3.70. The van der Waals surface area contributed by atoms with E-state index in [1.165, 1.54) is 31.4 Å². The molecule has 1 aliphatic heterocycles. The van der Waals surface area contributed by atoms with E-state index in [1.54, 1.807) is 12.0 Å². The van der Waals surface area contributed by atoms with Gasteiger partial charge in [-0.1, -0.05) is 25.5 Å². The number of likely N-dealkylation sites (tertiary alicyclic amines) is 1. The number of aliphatic hydroxyl groups excluding tert-OH is 1. The van der Waals surface area contributed by atoms with Gasteiger partial charge in [-0.15, -0.1) is 0 Å².